The minimum absolute atomic E-state index is 0.0537. The van der Waals surface area contributed by atoms with E-state index in [4.69, 9.17) is 4.74 Å². The lowest BCUT2D eigenvalue weighted by atomic mass is 10.1. The lowest BCUT2D eigenvalue weighted by Gasteiger charge is -2.04. The minimum atomic E-state index is -0.486. The summed E-state index contributed by atoms with van der Waals surface area (Å²) in [6.45, 7) is 0.373. The molecular weight excluding hydrogens is 410 g/mol. The third-order valence-electron chi connectivity index (χ3n) is 4.84. The average Bonchev–Trinajstić information content (AvgIpc) is 3.16. The molecule has 0 amide bonds. The van der Waals surface area contributed by atoms with E-state index in [2.05, 4.69) is 15.1 Å². The van der Waals surface area contributed by atoms with E-state index >= 15 is 0 Å². The van der Waals surface area contributed by atoms with Crippen LogP contribution in [0.2, 0.25) is 0 Å². The van der Waals surface area contributed by atoms with Gasteiger partial charge in [0.2, 0.25) is 0 Å². The number of H-pyrrole nitrogens is 1. The van der Waals surface area contributed by atoms with Gasteiger partial charge in [0, 0.05) is 36.3 Å². The number of aromatic nitrogens is 3. The first-order chi connectivity index (χ1) is 15.6. The van der Waals surface area contributed by atoms with Crippen molar-refractivity contribution in [2.24, 2.45) is 4.99 Å². The monoisotopic (exact) mass is 429 g/mol. The molecule has 1 N–H and O–H groups in total. The number of hydrogen-bond donors (Lipinski definition) is 1. The second kappa shape index (κ2) is 9.09. The van der Waals surface area contributed by atoms with Crippen LogP contribution in [0.4, 0.5) is 5.69 Å². The molecule has 0 unspecified atom stereocenters. The minimum Gasteiger partial charge on any atom is -0.497 e. The zero-order valence-corrected chi connectivity index (χ0v) is 17.1. The molecule has 0 saturated heterocycles. The summed E-state index contributed by atoms with van der Waals surface area (Å²) in [5, 5.41) is 14.1. The van der Waals surface area contributed by atoms with E-state index in [1.807, 2.05) is 24.3 Å². The Labute approximate surface area is 182 Å². The average molecular weight is 429 g/mol. The number of nitrogens with one attached hydrogen (secondary N) is 1. The second-order valence-corrected chi connectivity index (χ2v) is 6.87. The molecule has 0 aliphatic carbocycles. The van der Waals surface area contributed by atoms with E-state index < -0.39 is 4.92 Å². The summed E-state index contributed by atoms with van der Waals surface area (Å²) in [5.74, 6) is 0.692. The summed E-state index contributed by atoms with van der Waals surface area (Å²) in [6, 6.07) is 16.7. The lowest BCUT2D eigenvalue weighted by Crippen LogP contribution is -2.17. The van der Waals surface area contributed by atoms with E-state index in [9.17, 15) is 14.9 Å². The highest BCUT2D eigenvalue weighted by molar-refractivity contribution is 5.88. The molecule has 0 radical (unpaired) electrons. The second-order valence-electron chi connectivity index (χ2n) is 6.87. The molecule has 0 bridgehead atoms. The van der Waals surface area contributed by atoms with Crippen molar-refractivity contribution in [2.75, 3.05) is 7.11 Å². The first kappa shape index (κ1) is 20.7. The molecule has 9 heteroatoms. The molecule has 2 aromatic heterocycles. The largest absolute Gasteiger partial charge is 0.497 e. The van der Waals surface area contributed by atoms with Crippen LogP contribution in [0.25, 0.3) is 16.9 Å². The highest BCUT2D eigenvalue weighted by Crippen LogP contribution is 2.23. The number of hydrogen-bond acceptors (Lipinski definition) is 6. The number of nitro benzene ring substituents is 1. The molecule has 0 fully saturated rings. The van der Waals surface area contributed by atoms with Gasteiger partial charge in [0.1, 0.15) is 5.75 Å². The topological polar surface area (TPSA) is 115 Å². The molecule has 4 aromatic rings. The van der Waals surface area contributed by atoms with Crippen LogP contribution < -0.4 is 10.3 Å². The van der Waals surface area contributed by atoms with Crippen LogP contribution in [0.1, 0.15) is 11.1 Å². The Morgan fingerprint density at radius 1 is 1.16 bits per heavy atom. The van der Waals surface area contributed by atoms with Crippen molar-refractivity contribution in [1.82, 2.24) is 14.8 Å². The summed E-state index contributed by atoms with van der Waals surface area (Å²) in [6.07, 6.45) is 4.94. The Morgan fingerprint density at radius 2 is 1.91 bits per heavy atom. The molecule has 2 heterocycles. The smallest absolute Gasteiger partial charge is 0.280 e. The SMILES string of the molecule is COc1ccc(-c2[nH]n(-c3ccc([N+](=O)[O-])cc3)c(=O)c2C=NCc2cccnc2)cc1. The molecule has 0 aliphatic rings. The van der Waals surface area contributed by atoms with Gasteiger partial charge < -0.3 is 4.74 Å². The summed E-state index contributed by atoms with van der Waals surface area (Å²) >= 11 is 0. The van der Waals surface area contributed by atoms with Crippen molar-refractivity contribution in [3.8, 4) is 22.7 Å². The number of nitro groups is 1. The van der Waals surface area contributed by atoms with Crippen molar-refractivity contribution in [3.63, 3.8) is 0 Å². The van der Waals surface area contributed by atoms with Gasteiger partial charge in [-0.3, -0.25) is 30.0 Å². The number of aromatic amines is 1. The third-order valence-corrected chi connectivity index (χ3v) is 4.84. The van der Waals surface area contributed by atoms with Crippen LogP contribution in [0.3, 0.4) is 0 Å². The van der Waals surface area contributed by atoms with E-state index in [1.165, 1.54) is 35.2 Å². The third kappa shape index (κ3) is 4.31. The Bertz CT molecular complexity index is 1310. The van der Waals surface area contributed by atoms with Gasteiger partial charge in [0.15, 0.2) is 0 Å². The number of non-ortho nitro benzene ring substituents is 1. The summed E-state index contributed by atoms with van der Waals surface area (Å²) in [4.78, 5) is 32.2. The normalized spacial score (nSPS) is 11.0. The Morgan fingerprint density at radius 3 is 2.53 bits per heavy atom. The molecule has 2 aromatic carbocycles. The lowest BCUT2D eigenvalue weighted by molar-refractivity contribution is -0.384. The van der Waals surface area contributed by atoms with Gasteiger partial charge in [-0.05, 0) is 48.0 Å². The molecule has 0 atom stereocenters. The standard InChI is InChI=1S/C23H19N5O4/c1-32-20-10-4-17(5-11-20)22-21(15-25-14-16-3-2-12-24-13-16)23(29)27(26-22)18-6-8-19(9-7-18)28(30)31/h2-13,15,26H,14H2,1H3. The Balaban J connectivity index is 1.76. The molecule has 9 nitrogen and oxygen atoms in total. The van der Waals surface area contributed by atoms with Crippen LogP contribution >= 0.6 is 0 Å². The van der Waals surface area contributed by atoms with Crippen LogP contribution in [0, 0.1) is 10.1 Å². The maximum Gasteiger partial charge on any atom is 0.280 e. The predicted octanol–water partition coefficient (Wildman–Crippen LogP) is 3.76. The van der Waals surface area contributed by atoms with Gasteiger partial charge in [-0.15, -0.1) is 0 Å². The van der Waals surface area contributed by atoms with Crippen molar-refractivity contribution in [3.05, 3.63) is 105 Å². The quantitative estimate of drug-likeness (QED) is 0.273. The van der Waals surface area contributed by atoms with Gasteiger partial charge in [-0.1, -0.05) is 6.07 Å². The molecule has 32 heavy (non-hydrogen) atoms. The van der Waals surface area contributed by atoms with E-state index in [-0.39, 0.29) is 11.2 Å². The molecule has 160 valence electrons. The van der Waals surface area contributed by atoms with Gasteiger partial charge >= 0.3 is 0 Å². The number of methoxy groups -OCH3 is 1. The predicted molar refractivity (Wildman–Crippen MR) is 121 cm³/mol. The maximum absolute atomic E-state index is 13.2. The molecule has 0 saturated carbocycles. The number of aliphatic imine (C=N–C) groups is 1. The Kier molecular flexibility index (Phi) is 5.89. The number of nitrogens with zero attached hydrogens (tertiary/aromatic N) is 4. The fraction of sp³-hybridized carbons (Fsp3) is 0.0870. The van der Waals surface area contributed by atoms with Gasteiger partial charge in [-0.2, -0.15) is 0 Å². The van der Waals surface area contributed by atoms with E-state index in [1.54, 1.807) is 31.6 Å². The maximum atomic E-state index is 13.2. The van der Waals surface area contributed by atoms with Crippen LogP contribution in [-0.4, -0.2) is 33.0 Å². The van der Waals surface area contributed by atoms with Crippen LogP contribution in [-0.2, 0) is 6.54 Å². The Hall–Kier alpha value is -4.53. The first-order valence-electron chi connectivity index (χ1n) is 9.70. The molecule has 4 rings (SSSR count). The van der Waals surface area contributed by atoms with Crippen molar-refractivity contribution < 1.29 is 9.66 Å². The van der Waals surface area contributed by atoms with Crippen LogP contribution in [0.15, 0.2) is 82.8 Å². The number of rotatable bonds is 7. The number of benzene rings is 2. The van der Waals surface area contributed by atoms with Crippen molar-refractivity contribution in [1.29, 1.82) is 0 Å². The highest BCUT2D eigenvalue weighted by atomic mass is 16.6. The van der Waals surface area contributed by atoms with Gasteiger partial charge in [-0.25, -0.2) is 4.68 Å². The van der Waals surface area contributed by atoms with Crippen molar-refractivity contribution in [2.45, 2.75) is 6.54 Å². The van der Waals surface area contributed by atoms with Gasteiger partial charge in [0.05, 0.1) is 35.5 Å². The highest BCUT2D eigenvalue weighted by Gasteiger charge is 2.16. The number of ether oxygens (including phenoxy) is 1. The summed E-state index contributed by atoms with van der Waals surface area (Å²) in [7, 11) is 1.58. The number of pyridine rings is 1. The molecule has 0 spiro atoms. The van der Waals surface area contributed by atoms with Crippen molar-refractivity contribution >= 4 is 11.9 Å². The first-order valence-corrected chi connectivity index (χ1v) is 9.70. The zero-order valence-electron chi connectivity index (χ0n) is 17.1. The van der Waals surface area contributed by atoms with E-state index in [0.29, 0.717) is 29.2 Å². The van der Waals surface area contributed by atoms with Crippen LogP contribution in [0.5, 0.6) is 5.75 Å². The summed E-state index contributed by atoms with van der Waals surface area (Å²) in [5.41, 5.74) is 2.74. The zero-order chi connectivity index (χ0) is 22.5. The van der Waals surface area contributed by atoms with E-state index in [0.717, 1.165) is 11.1 Å². The molecule has 0 aliphatic heterocycles. The fourth-order valence-electron chi connectivity index (χ4n) is 3.19. The molecular formula is C23H19N5O4. The summed E-state index contributed by atoms with van der Waals surface area (Å²) < 4.78 is 6.56. The van der Waals surface area contributed by atoms with Gasteiger partial charge in [0.25, 0.3) is 11.2 Å². The fourth-order valence-corrected chi connectivity index (χ4v) is 3.19.